The summed E-state index contributed by atoms with van der Waals surface area (Å²) in [5.41, 5.74) is 2.32. The van der Waals surface area contributed by atoms with Crippen LogP contribution in [0.5, 0.6) is 11.5 Å². The standard InChI is InChI=1S/C17H18N4O6S/c22-13-4-3-12(17(23)9-13)11-18-19-15-6-5-14(10-16(15)21(24)25)28(26,27)20-7-1-2-8-20/h3-6,9-11,19,22-23H,1-2,7-8H2/b18-11+. The van der Waals surface area contributed by atoms with Crippen molar-refractivity contribution >= 4 is 27.6 Å². The third kappa shape index (κ3) is 4.05. The lowest BCUT2D eigenvalue weighted by Gasteiger charge is -2.15. The summed E-state index contributed by atoms with van der Waals surface area (Å²) < 4.78 is 26.5. The van der Waals surface area contributed by atoms with Crippen molar-refractivity contribution in [2.24, 2.45) is 5.10 Å². The lowest BCUT2D eigenvalue weighted by molar-refractivity contribution is -0.384. The van der Waals surface area contributed by atoms with E-state index in [4.69, 9.17) is 0 Å². The Labute approximate surface area is 160 Å². The Morgan fingerprint density at radius 1 is 1.14 bits per heavy atom. The van der Waals surface area contributed by atoms with E-state index in [-0.39, 0.29) is 27.6 Å². The molecule has 1 heterocycles. The van der Waals surface area contributed by atoms with Gasteiger partial charge in [0.05, 0.1) is 16.0 Å². The van der Waals surface area contributed by atoms with Crippen molar-refractivity contribution in [3.05, 3.63) is 52.1 Å². The average Bonchev–Trinajstić information content (AvgIpc) is 3.19. The van der Waals surface area contributed by atoms with Crippen LogP contribution < -0.4 is 5.43 Å². The van der Waals surface area contributed by atoms with Crippen molar-refractivity contribution in [3.63, 3.8) is 0 Å². The van der Waals surface area contributed by atoms with E-state index in [1.165, 1.54) is 34.8 Å². The number of benzene rings is 2. The summed E-state index contributed by atoms with van der Waals surface area (Å²) in [6, 6.07) is 7.45. The topological polar surface area (TPSA) is 145 Å². The fraction of sp³-hybridized carbons (Fsp3) is 0.235. The average molecular weight is 406 g/mol. The van der Waals surface area contributed by atoms with Crippen LogP contribution in [-0.2, 0) is 10.0 Å². The van der Waals surface area contributed by atoms with Gasteiger partial charge >= 0.3 is 0 Å². The second-order valence-corrected chi connectivity index (χ2v) is 8.10. The molecule has 28 heavy (non-hydrogen) atoms. The number of anilines is 1. The molecule has 0 unspecified atom stereocenters. The van der Waals surface area contributed by atoms with Crippen LogP contribution in [0.1, 0.15) is 18.4 Å². The molecule has 3 N–H and O–H groups in total. The maximum absolute atomic E-state index is 12.6. The van der Waals surface area contributed by atoms with Crippen LogP contribution in [-0.4, -0.2) is 47.2 Å². The van der Waals surface area contributed by atoms with Crippen LogP contribution in [0.15, 0.2) is 46.4 Å². The number of nitrogens with zero attached hydrogens (tertiary/aromatic N) is 3. The number of hydrogen-bond acceptors (Lipinski definition) is 8. The molecule has 0 saturated carbocycles. The van der Waals surface area contributed by atoms with Gasteiger partial charge in [0.15, 0.2) is 0 Å². The first-order valence-electron chi connectivity index (χ1n) is 8.39. The predicted octanol–water partition coefficient (Wildman–Crippen LogP) is 2.24. The van der Waals surface area contributed by atoms with Crippen LogP contribution in [0.25, 0.3) is 0 Å². The molecule has 1 saturated heterocycles. The molecule has 1 aliphatic heterocycles. The molecule has 0 bridgehead atoms. The second-order valence-electron chi connectivity index (χ2n) is 6.16. The molecule has 0 amide bonds. The van der Waals surface area contributed by atoms with Crippen molar-refractivity contribution in [2.45, 2.75) is 17.7 Å². The maximum atomic E-state index is 12.6. The molecule has 2 aromatic carbocycles. The van der Waals surface area contributed by atoms with Crippen LogP contribution in [0, 0.1) is 10.1 Å². The molecular weight excluding hydrogens is 388 g/mol. The molecule has 1 fully saturated rings. The highest BCUT2D eigenvalue weighted by atomic mass is 32.2. The van der Waals surface area contributed by atoms with Crippen molar-refractivity contribution in [1.29, 1.82) is 0 Å². The monoisotopic (exact) mass is 406 g/mol. The summed E-state index contributed by atoms with van der Waals surface area (Å²) in [4.78, 5) is 10.5. The lowest BCUT2D eigenvalue weighted by Crippen LogP contribution is -2.27. The number of hydrazone groups is 1. The van der Waals surface area contributed by atoms with Gasteiger partial charge in [-0.2, -0.15) is 9.41 Å². The van der Waals surface area contributed by atoms with Gasteiger partial charge in [-0.1, -0.05) is 0 Å². The van der Waals surface area contributed by atoms with Crippen molar-refractivity contribution < 1.29 is 23.6 Å². The smallest absolute Gasteiger partial charge is 0.295 e. The summed E-state index contributed by atoms with van der Waals surface area (Å²) in [6.45, 7) is 0.799. The molecule has 2 aromatic rings. The SMILES string of the molecule is O=[N+]([O-])c1cc(S(=O)(=O)N2CCCC2)ccc1N/N=C/c1ccc(O)cc1O. The van der Waals surface area contributed by atoms with E-state index in [0.29, 0.717) is 13.1 Å². The first-order valence-corrected chi connectivity index (χ1v) is 9.83. The molecule has 0 atom stereocenters. The van der Waals surface area contributed by atoms with Crippen LogP contribution in [0.3, 0.4) is 0 Å². The molecule has 3 rings (SSSR count). The van der Waals surface area contributed by atoms with Crippen LogP contribution >= 0.6 is 0 Å². The van der Waals surface area contributed by atoms with Crippen LogP contribution in [0.2, 0.25) is 0 Å². The number of aromatic hydroxyl groups is 2. The van der Waals surface area contributed by atoms with E-state index in [1.807, 2.05) is 0 Å². The first kappa shape index (κ1) is 19.6. The first-order chi connectivity index (χ1) is 13.3. The third-order valence-electron chi connectivity index (χ3n) is 4.27. The highest BCUT2D eigenvalue weighted by Crippen LogP contribution is 2.30. The minimum Gasteiger partial charge on any atom is -0.508 e. The van der Waals surface area contributed by atoms with Gasteiger partial charge in [-0.05, 0) is 37.1 Å². The molecule has 148 valence electrons. The number of nitrogens with one attached hydrogen (secondary N) is 1. The van der Waals surface area contributed by atoms with Gasteiger partial charge in [0, 0.05) is 30.8 Å². The fourth-order valence-electron chi connectivity index (χ4n) is 2.81. The van der Waals surface area contributed by atoms with Gasteiger partial charge in [-0.15, -0.1) is 0 Å². The molecule has 0 aliphatic carbocycles. The zero-order valence-electron chi connectivity index (χ0n) is 14.6. The molecular formula is C17H18N4O6S. The van der Waals surface area contributed by atoms with E-state index < -0.39 is 20.6 Å². The zero-order valence-corrected chi connectivity index (χ0v) is 15.5. The van der Waals surface area contributed by atoms with E-state index in [9.17, 15) is 28.7 Å². The Morgan fingerprint density at radius 3 is 2.50 bits per heavy atom. The zero-order chi connectivity index (χ0) is 20.3. The van der Waals surface area contributed by atoms with Gasteiger partial charge < -0.3 is 10.2 Å². The maximum Gasteiger partial charge on any atom is 0.295 e. The van der Waals surface area contributed by atoms with E-state index in [0.717, 1.165) is 25.0 Å². The van der Waals surface area contributed by atoms with Gasteiger partial charge in [0.1, 0.15) is 17.2 Å². The minimum absolute atomic E-state index is 0.000102. The molecule has 1 aliphatic rings. The van der Waals surface area contributed by atoms with Crippen molar-refractivity contribution in [3.8, 4) is 11.5 Å². The quantitative estimate of drug-likeness (QED) is 0.379. The van der Waals surface area contributed by atoms with E-state index in [2.05, 4.69) is 10.5 Å². The molecule has 10 nitrogen and oxygen atoms in total. The normalized spacial score (nSPS) is 15.1. The van der Waals surface area contributed by atoms with E-state index >= 15 is 0 Å². The molecule has 0 radical (unpaired) electrons. The Morgan fingerprint density at radius 2 is 1.86 bits per heavy atom. The number of phenolic OH excluding ortho intramolecular Hbond substituents is 2. The summed E-state index contributed by atoms with van der Waals surface area (Å²) in [5.74, 6) is -0.333. The van der Waals surface area contributed by atoms with Gasteiger partial charge in [-0.25, -0.2) is 8.42 Å². The summed E-state index contributed by atoms with van der Waals surface area (Å²) in [7, 11) is -3.78. The number of nitro benzene ring substituents is 1. The number of sulfonamides is 1. The highest BCUT2D eigenvalue weighted by Gasteiger charge is 2.29. The van der Waals surface area contributed by atoms with Gasteiger partial charge in [0.2, 0.25) is 10.0 Å². The summed E-state index contributed by atoms with van der Waals surface area (Å²) in [6.07, 6.45) is 2.74. The Hall–Kier alpha value is -3.18. The number of hydrogen-bond donors (Lipinski definition) is 3. The Kier molecular flexibility index (Phi) is 5.47. The molecule has 11 heteroatoms. The molecule has 0 spiro atoms. The third-order valence-corrected chi connectivity index (χ3v) is 6.17. The lowest BCUT2D eigenvalue weighted by atomic mass is 10.2. The van der Waals surface area contributed by atoms with Gasteiger partial charge in [-0.3, -0.25) is 15.5 Å². The summed E-state index contributed by atoms with van der Waals surface area (Å²) >= 11 is 0. The largest absolute Gasteiger partial charge is 0.508 e. The van der Waals surface area contributed by atoms with Crippen molar-refractivity contribution in [2.75, 3.05) is 18.5 Å². The van der Waals surface area contributed by atoms with Crippen molar-refractivity contribution in [1.82, 2.24) is 4.31 Å². The highest BCUT2D eigenvalue weighted by molar-refractivity contribution is 7.89. The number of phenols is 2. The predicted molar refractivity (Wildman–Crippen MR) is 102 cm³/mol. The Balaban J connectivity index is 1.85. The number of nitro groups is 1. The summed E-state index contributed by atoms with van der Waals surface area (Å²) in [5, 5.41) is 34.2. The second kappa shape index (κ2) is 7.82. The fourth-order valence-corrected chi connectivity index (χ4v) is 4.35. The minimum atomic E-state index is -3.78. The van der Waals surface area contributed by atoms with E-state index in [1.54, 1.807) is 0 Å². The van der Waals surface area contributed by atoms with Crippen LogP contribution in [0.4, 0.5) is 11.4 Å². The number of rotatable bonds is 6. The molecule has 0 aromatic heterocycles. The Bertz CT molecular complexity index is 1030. The van der Waals surface area contributed by atoms with Gasteiger partial charge in [0.25, 0.3) is 5.69 Å².